The molecule has 0 saturated heterocycles. The van der Waals surface area contributed by atoms with Gasteiger partial charge in [-0.1, -0.05) is 6.07 Å². The molecule has 112 valence electrons. The second-order valence-corrected chi connectivity index (χ2v) is 5.37. The van der Waals surface area contributed by atoms with Gasteiger partial charge in [0.25, 0.3) is 0 Å². The molecule has 2 unspecified atom stereocenters. The van der Waals surface area contributed by atoms with Gasteiger partial charge in [0.05, 0.1) is 6.04 Å². The van der Waals surface area contributed by atoms with E-state index in [1.54, 1.807) is 0 Å². The Bertz CT molecular complexity index is 583. The van der Waals surface area contributed by atoms with Crippen molar-refractivity contribution in [3.63, 3.8) is 0 Å². The lowest BCUT2D eigenvalue weighted by molar-refractivity contribution is 0.171. The van der Waals surface area contributed by atoms with Gasteiger partial charge in [0.2, 0.25) is 0 Å². The summed E-state index contributed by atoms with van der Waals surface area (Å²) in [6, 6.07) is 8.67. The predicted molar refractivity (Wildman–Crippen MR) is 80.7 cm³/mol. The molecule has 5 nitrogen and oxygen atoms in total. The highest BCUT2D eigenvalue weighted by atomic mass is 16.6. The van der Waals surface area contributed by atoms with Crippen molar-refractivity contribution in [3.05, 3.63) is 42.2 Å². The first-order valence-corrected chi connectivity index (χ1v) is 7.35. The maximum atomic E-state index is 5.61. The van der Waals surface area contributed by atoms with Crippen molar-refractivity contribution < 1.29 is 9.47 Å². The van der Waals surface area contributed by atoms with Crippen molar-refractivity contribution in [2.75, 3.05) is 13.2 Å². The third-order valence-electron chi connectivity index (χ3n) is 3.90. The molecular weight excluding hydrogens is 266 g/mol. The van der Waals surface area contributed by atoms with E-state index < -0.39 is 0 Å². The normalized spacial score (nSPS) is 16.5. The molecule has 2 atom stereocenters. The Hall–Kier alpha value is -2.01. The minimum Gasteiger partial charge on any atom is -0.486 e. The van der Waals surface area contributed by atoms with Crippen LogP contribution in [0, 0.1) is 0 Å². The van der Waals surface area contributed by atoms with Crippen LogP contribution in [0.25, 0.3) is 0 Å². The van der Waals surface area contributed by atoms with Crippen LogP contribution in [-0.4, -0.2) is 29.0 Å². The van der Waals surface area contributed by atoms with E-state index in [0.29, 0.717) is 25.3 Å². The Morgan fingerprint density at radius 2 is 2.05 bits per heavy atom. The van der Waals surface area contributed by atoms with E-state index in [2.05, 4.69) is 30.3 Å². The summed E-state index contributed by atoms with van der Waals surface area (Å²) >= 11 is 0. The highest BCUT2D eigenvalue weighted by molar-refractivity contribution is 5.43. The minimum absolute atomic E-state index is 0.303. The molecule has 0 fully saturated rings. The van der Waals surface area contributed by atoms with E-state index in [4.69, 9.17) is 9.47 Å². The Morgan fingerprint density at radius 3 is 2.81 bits per heavy atom. The van der Waals surface area contributed by atoms with Gasteiger partial charge in [0.1, 0.15) is 13.2 Å². The molecule has 1 aliphatic rings. The molecule has 0 spiro atoms. The molecule has 21 heavy (non-hydrogen) atoms. The summed E-state index contributed by atoms with van der Waals surface area (Å²) in [7, 11) is 0. The van der Waals surface area contributed by atoms with Crippen molar-refractivity contribution in [1.82, 2.24) is 15.1 Å². The van der Waals surface area contributed by atoms with Gasteiger partial charge in [-0.25, -0.2) is 0 Å². The number of hydrogen-bond acceptors (Lipinski definition) is 4. The lowest BCUT2D eigenvalue weighted by atomic mass is 10.1. The molecule has 1 aromatic heterocycles. The van der Waals surface area contributed by atoms with Crippen LogP contribution in [0.15, 0.2) is 36.7 Å². The summed E-state index contributed by atoms with van der Waals surface area (Å²) in [5.74, 6) is 1.68. The Kier molecular flexibility index (Phi) is 4.10. The number of ether oxygens (including phenoxy) is 2. The molecule has 1 N–H and O–H groups in total. The largest absolute Gasteiger partial charge is 0.486 e. The van der Waals surface area contributed by atoms with Gasteiger partial charge in [0.15, 0.2) is 11.5 Å². The fourth-order valence-electron chi connectivity index (χ4n) is 2.40. The first-order chi connectivity index (χ1) is 10.2. The van der Waals surface area contributed by atoms with Gasteiger partial charge in [-0.05, 0) is 37.6 Å². The third kappa shape index (κ3) is 3.19. The van der Waals surface area contributed by atoms with Gasteiger partial charge in [0, 0.05) is 25.0 Å². The van der Waals surface area contributed by atoms with Gasteiger partial charge in [-0.2, -0.15) is 5.10 Å². The van der Waals surface area contributed by atoms with E-state index >= 15 is 0 Å². The Balaban J connectivity index is 1.59. The second-order valence-electron chi connectivity index (χ2n) is 5.37. The van der Waals surface area contributed by atoms with Crippen molar-refractivity contribution in [2.45, 2.75) is 32.5 Å². The second kappa shape index (κ2) is 6.18. The molecule has 0 aliphatic carbocycles. The fourth-order valence-corrected chi connectivity index (χ4v) is 2.40. The molecule has 2 heterocycles. The number of nitrogens with zero attached hydrogens (tertiary/aromatic N) is 2. The topological polar surface area (TPSA) is 48.3 Å². The average molecular weight is 287 g/mol. The van der Waals surface area contributed by atoms with Crippen LogP contribution in [0.2, 0.25) is 0 Å². The monoisotopic (exact) mass is 287 g/mol. The number of rotatable bonds is 5. The van der Waals surface area contributed by atoms with Crippen molar-refractivity contribution in [3.8, 4) is 11.5 Å². The lowest BCUT2D eigenvalue weighted by Gasteiger charge is -2.23. The van der Waals surface area contributed by atoms with Crippen LogP contribution >= 0.6 is 0 Å². The highest BCUT2D eigenvalue weighted by Gasteiger charge is 2.15. The molecule has 0 radical (unpaired) electrons. The smallest absolute Gasteiger partial charge is 0.161 e. The average Bonchev–Trinajstić information content (AvgIpc) is 3.06. The molecule has 1 aliphatic heterocycles. The maximum Gasteiger partial charge on any atom is 0.161 e. The summed E-state index contributed by atoms with van der Waals surface area (Å²) in [6.45, 7) is 6.38. The number of nitrogens with one attached hydrogen (secondary N) is 1. The van der Waals surface area contributed by atoms with Gasteiger partial charge in [-0.15, -0.1) is 0 Å². The van der Waals surface area contributed by atoms with Crippen molar-refractivity contribution in [2.24, 2.45) is 0 Å². The van der Waals surface area contributed by atoms with Crippen LogP contribution < -0.4 is 14.8 Å². The van der Waals surface area contributed by atoms with Gasteiger partial charge < -0.3 is 14.8 Å². The number of aromatic nitrogens is 2. The van der Waals surface area contributed by atoms with Crippen molar-refractivity contribution in [1.29, 1.82) is 0 Å². The summed E-state index contributed by atoms with van der Waals surface area (Å²) in [5, 5.41) is 7.83. The molecule has 0 bridgehead atoms. The minimum atomic E-state index is 0.303. The standard InChI is InChI=1S/C16H21N3O2/c1-12(13(2)19-7-3-6-18-19)17-11-14-4-5-15-16(10-14)21-9-8-20-15/h3-7,10,12-13,17H,8-9,11H2,1-2H3. The lowest BCUT2D eigenvalue weighted by Crippen LogP contribution is -2.33. The zero-order valence-electron chi connectivity index (χ0n) is 12.5. The van der Waals surface area contributed by atoms with Gasteiger partial charge in [-0.3, -0.25) is 4.68 Å². The zero-order chi connectivity index (χ0) is 14.7. The molecule has 2 aromatic rings. The molecule has 1 aromatic carbocycles. The first-order valence-electron chi connectivity index (χ1n) is 7.35. The van der Waals surface area contributed by atoms with E-state index in [1.807, 2.05) is 35.3 Å². The zero-order valence-corrected chi connectivity index (χ0v) is 12.5. The molecule has 3 rings (SSSR count). The van der Waals surface area contributed by atoms with E-state index in [1.165, 1.54) is 5.56 Å². The maximum absolute atomic E-state index is 5.61. The van der Waals surface area contributed by atoms with Crippen LogP contribution in [0.3, 0.4) is 0 Å². The Labute approximate surface area is 124 Å². The highest BCUT2D eigenvalue weighted by Crippen LogP contribution is 2.30. The van der Waals surface area contributed by atoms with E-state index in [9.17, 15) is 0 Å². The van der Waals surface area contributed by atoms with Crippen molar-refractivity contribution >= 4 is 0 Å². The third-order valence-corrected chi connectivity index (χ3v) is 3.90. The summed E-state index contributed by atoms with van der Waals surface area (Å²) in [4.78, 5) is 0. The number of hydrogen-bond donors (Lipinski definition) is 1. The van der Waals surface area contributed by atoms with Crippen LogP contribution in [0.5, 0.6) is 11.5 Å². The molecule has 0 saturated carbocycles. The Morgan fingerprint density at radius 1 is 1.24 bits per heavy atom. The van der Waals surface area contributed by atoms with Gasteiger partial charge >= 0.3 is 0 Å². The van der Waals surface area contributed by atoms with Crippen LogP contribution in [0.4, 0.5) is 0 Å². The van der Waals surface area contributed by atoms with Crippen LogP contribution in [0.1, 0.15) is 25.5 Å². The SMILES string of the molecule is CC(NCc1ccc2c(c1)OCCO2)C(C)n1cccn1. The summed E-state index contributed by atoms with van der Waals surface area (Å²) in [5.41, 5.74) is 1.19. The molecule has 5 heteroatoms. The number of fused-ring (bicyclic) bond motifs is 1. The van der Waals surface area contributed by atoms with E-state index in [0.717, 1.165) is 18.0 Å². The van der Waals surface area contributed by atoms with Crippen LogP contribution in [-0.2, 0) is 6.54 Å². The summed E-state index contributed by atoms with van der Waals surface area (Å²) in [6.07, 6.45) is 3.80. The summed E-state index contributed by atoms with van der Waals surface area (Å²) < 4.78 is 13.1. The quantitative estimate of drug-likeness (QED) is 0.917. The molecule has 0 amide bonds. The van der Waals surface area contributed by atoms with E-state index in [-0.39, 0.29) is 0 Å². The predicted octanol–water partition coefficient (Wildman–Crippen LogP) is 2.39. The number of benzene rings is 1. The fraction of sp³-hybridized carbons (Fsp3) is 0.438. The molecular formula is C16H21N3O2. The first kappa shape index (κ1) is 13.9.